The van der Waals surface area contributed by atoms with E-state index in [2.05, 4.69) is 58.7 Å². The van der Waals surface area contributed by atoms with Gasteiger partial charge in [-0.15, -0.1) is 0 Å². The molecular weight excluding hydrogens is 330 g/mol. The topological polar surface area (TPSA) is 39.1 Å². The number of hydrogen-bond acceptors (Lipinski definition) is 3. The van der Waals surface area contributed by atoms with Crippen LogP contribution in [0.5, 0.6) is 0 Å². The summed E-state index contributed by atoms with van der Waals surface area (Å²) in [5, 5.41) is 8.18. The Morgan fingerprint density at radius 3 is 2.57 bits per heavy atom. The van der Waals surface area contributed by atoms with Crippen molar-refractivity contribution in [2.45, 2.75) is 72.1 Å². The molecule has 0 bridgehead atoms. The summed E-state index contributed by atoms with van der Waals surface area (Å²) in [7, 11) is 0. The lowest BCUT2D eigenvalue weighted by molar-refractivity contribution is 0.0251. The molecule has 0 amide bonds. The van der Waals surface area contributed by atoms with Crippen LogP contribution in [-0.2, 0) is 11.3 Å². The van der Waals surface area contributed by atoms with E-state index in [-0.39, 0.29) is 12.1 Å². The second kappa shape index (κ2) is 10.4. The zero-order valence-electron chi connectivity index (χ0n) is 13.9. The highest BCUT2D eigenvalue weighted by atomic mass is 79.9. The van der Waals surface area contributed by atoms with Crippen molar-refractivity contribution in [3.63, 3.8) is 0 Å². The van der Waals surface area contributed by atoms with Gasteiger partial charge < -0.3 is 10.1 Å². The maximum absolute atomic E-state index is 6.03. The molecule has 0 saturated heterocycles. The molecule has 0 aliphatic heterocycles. The predicted octanol–water partition coefficient (Wildman–Crippen LogP) is 4.30. The summed E-state index contributed by atoms with van der Waals surface area (Å²) in [6, 6.07) is 0.188. The van der Waals surface area contributed by atoms with E-state index in [1.165, 1.54) is 5.69 Å². The van der Waals surface area contributed by atoms with E-state index >= 15 is 0 Å². The summed E-state index contributed by atoms with van der Waals surface area (Å²) < 4.78 is 9.21. The molecule has 0 aliphatic rings. The number of nitrogens with one attached hydrogen (secondary N) is 1. The van der Waals surface area contributed by atoms with Crippen molar-refractivity contribution in [2.24, 2.45) is 0 Å². The van der Waals surface area contributed by atoms with Crippen LogP contribution in [-0.4, -0.2) is 29.0 Å². The van der Waals surface area contributed by atoms with Crippen LogP contribution < -0.4 is 5.32 Å². The summed E-state index contributed by atoms with van der Waals surface area (Å²) in [5.41, 5.74) is 1.22. The highest BCUT2D eigenvalue weighted by Gasteiger charge is 2.27. The van der Waals surface area contributed by atoms with Crippen LogP contribution in [0.15, 0.2) is 10.7 Å². The first-order chi connectivity index (χ1) is 10.2. The van der Waals surface area contributed by atoms with Crippen molar-refractivity contribution in [2.75, 3.05) is 13.2 Å². The van der Waals surface area contributed by atoms with Crippen molar-refractivity contribution in [1.29, 1.82) is 0 Å². The average molecular weight is 360 g/mol. The van der Waals surface area contributed by atoms with E-state index in [9.17, 15) is 0 Å². The van der Waals surface area contributed by atoms with Crippen LogP contribution >= 0.6 is 15.9 Å². The molecule has 5 heteroatoms. The second-order valence-corrected chi connectivity index (χ2v) is 6.17. The number of nitrogens with zero attached hydrogens (tertiary/aromatic N) is 2. The molecule has 2 unspecified atom stereocenters. The Kier molecular flexibility index (Phi) is 9.20. The van der Waals surface area contributed by atoms with Crippen molar-refractivity contribution in [3.8, 4) is 0 Å². The van der Waals surface area contributed by atoms with Gasteiger partial charge in [0, 0.05) is 13.2 Å². The Bertz CT molecular complexity index is 389. The number of rotatable bonds is 11. The van der Waals surface area contributed by atoms with E-state index in [0.717, 1.165) is 49.9 Å². The lowest BCUT2D eigenvalue weighted by Gasteiger charge is -2.29. The second-order valence-electron chi connectivity index (χ2n) is 5.32. The van der Waals surface area contributed by atoms with Crippen molar-refractivity contribution in [1.82, 2.24) is 15.1 Å². The number of hydrogen-bond donors (Lipinski definition) is 1. The molecule has 122 valence electrons. The summed E-state index contributed by atoms with van der Waals surface area (Å²) >= 11 is 3.67. The van der Waals surface area contributed by atoms with Gasteiger partial charge in [-0.3, -0.25) is 4.68 Å². The van der Waals surface area contributed by atoms with Gasteiger partial charge in [0.15, 0.2) is 0 Å². The minimum Gasteiger partial charge on any atom is -0.376 e. The maximum atomic E-state index is 6.03. The zero-order chi connectivity index (χ0) is 15.7. The molecule has 1 aromatic rings. The first-order valence-corrected chi connectivity index (χ1v) is 9.04. The largest absolute Gasteiger partial charge is 0.376 e. The normalized spacial score (nSPS) is 14.3. The molecule has 0 spiro atoms. The fraction of sp³-hybridized carbons (Fsp3) is 0.812. The number of aromatic nitrogens is 2. The maximum Gasteiger partial charge on any atom is 0.0785 e. The fourth-order valence-electron chi connectivity index (χ4n) is 2.62. The molecule has 1 aromatic heterocycles. The molecule has 0 radical (unpaired) electrons. The van der Waals surface area contributed by atoms with Crippen LogP contribution in [0.25, 0.3) is 0 Å². The Hall–Kier alpha value is -0.390. The summed E-state index contributed by atoms with van der Waals surface area (Å²) in [6.07, 6.45) is 6.46. The third-order valence-electron chi connectivity index (χ3n) is 3.50. The quantitative estimate of drug-likeness (QED) is 0.639. The van der Waals surface area contributed by atoms with Gasteiger partial charge in [0.1, 0.15) is 0 Å². The molecule has 0 saturated carbocycles. The lowest BCUT2D eigenvalue weighted by atomic mass is 10.0. The van der Waals surface area contributed by atoms with Crippen LogP contribution in [0.3, 0.4) is 0 Å². The molecule has 4 nitrogen and oxygen atoms in total. The summed E-state index contributed by atoms with van der Waals surface area (Å²) in [5.74, 6) is 0. The SMILES string of the molecule is CCCNC(c1c(Br)cnn1CCC)C(CCC)OCC. The molecule has 2 atom stereocenters. The molecule has 0 fully saturated rings. The lowest BCUT2D eigenvalue weighted by Crippen LogP contribution is -2.36. The Labute approximate surface area is 137 Å². The van der Waals surface area contributed by atoms with Gasteiger partial charge in [0.05, 0.1) is 28.5 Å². The highest BCUT2D eigenvalue weighted by molar-refractivity contribution is 9.10. The van der Waals surface area contributed by atoms with E-state index in [0.29, 0.717) is 0 Å². The van der Waals surface area contributed by atoms with Crippen LogP contribution in [0, 0.1) is 0 Å². The number of aryl methyl sites for hydroxylation is 1. The van der Waals surface area contributed by atoms with Gasteiger partial charge in [-0.25, -0.2) is 0 Å². The Morgan fingerprint density at radius 2 is 2.00 bits per heavy atom. The summed E-state index contributed by atoms with van der Waals surface area (Å²) in [6.45, 7) is 11.3. The van der Waals surface area contributed by atoms with Gasteiger partial charge in [-0.2, -0.15) is 5.10 Å². The first-order valence-electron chi connectivity index (χ1n) is 8.25. The zero-order valence-corrected chi connectivity index (χ0v) is 15.4. The van der Waals surface area contributed by atoms with E-state index in [1.54, 1.807) is 0 Å². The van der Waals surface area contributed by atoms with Crippen LogP contribution in [0.2, 0.25) is 0 Å². The van der Waals surface area contributed by atoms with Crippen LogP contribution in [0.4, 0.5) is 0 Å². The van der Waals surface area contributed by atoms with E-state index < -0.39 is 0 Å². The first kappa shape index (κ1) is 18.7. The molecular formula is C16H30BrN3O. The molecule has 0 aliphatic carbocycles. The minimum atomic E-state index is 0.188. The van der Waals surface area contributed by atoms with Crippen LogP contribution in [0.1, 0.15) is 65.1 Å². The summed E-state index contributed by atoms with van der Waals surface area (Å²) in [4.78, 5) is 0. The molecule has 0 aromatic carbocycles. The number of halogens is 1. The molecule has 21 heavy (non-hydrogen) atoms. The Morgan fingerprint density at radius 1 is 1.24 bits per heavy atom. The van der Waals surface area contributed by atoms with E-state index in [4.69, 9.17) is 4.74 Å². The number of ether oxygens (including phenoxy) is 1. The molecule has 1 rings (SSSR count). The monoisotopic (exact) mass is 359 g/mol. The van der Waals surface area contributed by atoms with Crippen molar-refractivity contribution < 1.29 is 4.74 Å². The third kappa shape index (κ3) is 5.38. The van der Waals surface area contributed by atoms with Gasteiger partial charge in [-0.05, 0) is 48.7 Å². The average Bonchev–Trinajstić information content (AvgIpc) is 2.82. The standard InChI is InChI=1S/C16H30BrN3O/c1-5-9-14(21-8-4)15(18-10-6-2)16-13(17)12-19-20(16)11-7-3/h12,14-15,18H,5-11H2,1-4H3. The predicted molar refractivity (Wildman–Crippen MR) is 91.6 cm³/mol. The fourth-order valence-corrected chi connectivity index (χ4v) is 3.16. The van der Waals surface area contributed by atoms with Gasteiger partial charge in [0.2, 0.25) is 0 Å². The highest BCUT2D eigenvalue weighted by Crippen LogP contribution is 2.29. The van der Waals surface area contributed by atoms with Crippen molar-refractivity contribution in [3.05, 3.63) is 16.4 Å². The minimum absolute atomic E-state index is 0.188. The smallest absolute Gasteiger partial charge is 0.0785 e. The van der Waals surface area contributed by atoms with Gasteiger partial charge >= 0.3 is 0 Å². The van der Waals surface area contributed by atoms with E-state index in [1.807, 2.05) is 6.20 Å². The molecule has 1 heterocycles. The molecule has 1 N–H and O–H groups in total. The van der Waals surface area contributed by atoms with Crippen molar-refractivity contribution >= 4 is 15.9 Å². The third-order valence-corrected chi connectivity index (χ3v) is 4.11. The Balaban J connectivity index is 3.06. The van der Waals surface area contributed by atoms with Gasteiger partial charge in [-0.1, -0.05) is 27.2 Å². The van der Waals surface area contributed by atoms with Gasteiger partial charge in [0.25, 0.3) is 0 Å².